The number of ether oxygens (including phenoxy) is 2. The molecule has 0 aliphatic rings. The number of hydrogen-bond acceptors (Lipinski definition) is 5. The van der Waals surface area contributed by atoms with Crippen LogP contribution in [0.4, 0.5) is 5.00 Å². The minimum absolute atomic E-state index is 0.276. The molecule has 0 aliphatic carbocycles. The van der Waals surface area contributed by atoms with Crippen molar-refractivity contribution in [3.63, 3.8) is 0 Å². The number of benzene rings is 1. The molecule has 7 heteroatoms. The first-order valence-corrected chi connectivity index (χ1v) is 9.59. The van der Waals surface area contributed by atoms with Gasteiger partial charge < -0.3 is 14.8 Å². The predicted molar refractivity (Wildman–Crippen MR) is 105 cm³/mol. The van der Waals surface area contributed by atoms with Gasteiger partial charge in [0, 0.05) is 9.90 Å². The third kappa shape index (κ3) is 4.77. The van der Waals surface area contributed by atoms with Crippen LogP contribution in [0.15, 0.2) is 24.3 Å². The molecule has 0 fully saturated rings. The number of halogens is 1. The van der Waals surface area contributed by atoms with E-state index in [1.54, 1.807) is 38.1 Å². The van der Waals surface area contributed by atoms with Crippen LogP contribution in [0.2, 0.25) is 5.02 Å². The number of esters is 1. The van der Waals surface area contributed by atoms with Crippen molar-refractivity contribution < 1.29 is 19.1 Å². The number of rotatable bonds is 7. The molecule has 140 valence electrons. The Morgan fingerprint density at radius 2 is 2.04 bits per heavy atom. The fourth-order valence-electron chi connectivity index (χ4n) is 2.52. The number of carbonyl (C=O) groups excluding carboxylic acids is 2. The average Bonchev–Trinajstić information content (AvgIpc) is 2.90. The number of hydrogen-bond donors (Lipinski definition) is 1. The van der Waals surface area contributed by atoms with Crippen LogP contribution in [-0.2, 0) is 16.0 Å². The third-order valence-corrected chi connectivity index (χ3v) is 5.05. The monoisotopic (exact) mass is 395 g/mol. The summed E-state index contributed by atoms with van der Waals surface area (Å²) in [5, 5.41) is 3.82. The number of nitrogens with one attached hydrogen (secondary N) is 1. The second-order valence-corrected chi connectivity index (χ2v) is 7.28. The molecule has 0 saturated carbocycles. The summed E-state index contributed by atoms with van der Waals surface area (Å²) in [6.45, 7) is 7.56. The Balaban J connectivity index is 2.18. The maximum atomic E-state index is 12.5. The Morgan fingerprint density at radius 3 is 2.65 bits per heavy atom. The molecule has 2 aromatic rings. The van der Waals surface area contributed by atoms with Crippen LogP contribution in [0.3, 0.4) is 0 Å². The second kappa shape index (κ2) is 9.05. The van der Waals surface area contributed by atoms with Crippen LogP contribution in [0.5, 0.6) is 5.75 Å². The molecule has 0 saturated heterocycles. The average molecular weight is 396 g/mol. The lowest BCUT2D eigenvalue weighted by atomic mass is 10.1. The van der Waals surface area contributed by atoms with Gasteiger partial charge in [0.05, 0.1) is 12.2 Å². The molecule has 0 aliphatic heterocycles. The van der Waals surface area contributed by atoms with Crippen LogP contribution >= 0.6 is 22.9 Å². The largest absolute Gasteiger partial charge is 0.481 e. The number of amides is 1. The first kappa shape index (κ1) is 20.3. The van der Waals surface area contributed by atoms with Crippen LogP contribution < -0.4 is 10.1 Å². The van der Waals surface area contributed by atoms with Crippen molar-refractivity contribution in [3.05, 3.63) is 45.3 Å². The minimum Gasteiger partial charge on any atom is -0.481 e. The van der Waals surface area contributed by atoms with Crippen LogP contribution in [-0.4, -0.2) is 24.6 Å². The fourth-order valence-corrected chi connectivity index (χ4v) is 3.84. The summed E-state index contributed by atoms with van der Waals surface area (Å²) in [5.41, 5.74) is 1.33. The van der Waals surface area contributed by atoms with Crippen LogP contribution in [0.25, 0.3) is 0 Å². The third-order valence-electron chi connectivity index (χ3n) is 3.76. The zero-order valence-corrected chi connectivity index (χ0v) is 16.8. The van der Waals surface area contributed by atoms with Crippen molar-refractivity contribution in [2.45, 2.75) is 40.2 Å². The summed E-state index contributed by atoms with van der Waals surface area (Å²) in [7, 11) is 0. The quantitative estimate of drug-likeness (QED) is 0.680. The van der Waals surface area contributed by atoms with E-state index in [0.29, 0.717) is 27.8 Å². The van der Waals surface area contributed by atoms with Gasteiger partial charge in [0.2, 0.25) is 0 Å². The Morgan fingerprint density at radius 1 is 1.31 bits per heavy atom. The summed E-state index contributed by atoms with van der Waals surface area (Å²) < 4.78 is 10.8. The molecule has 1 atom stereocenters. The molecular formula is C19H22ClNO4S. The van der Waals surface area contributed by atoms with E-state index in [1.807, 2.05) is 13.8 Å². The maximum absolute atomic E-state index is 12.5. The molecule has 1 aromatic carbocycles. The van der Waals surface area contributed by atoms with Gasteiger partial charge in [-0.1, -0.05) is 24.6 Å². The highest BCUT2D eigenvalue weighted by atomic mass is 35.5. The molecule has 5 nitrogen and oxygen atoms in total. The van der Waals surface area contributed by atoms with Gasteiger partial charge in [-0.05, 0) is 51.0 Å². The highest BCUT2D eigenvalue weighted by molar-refractivity contribution is 7.16. The Bertz CT molecular complexity index is 803. The summed E-state index contributed by atoms with van der Waals surface area (Å²) in [4.78, 5) is 25.8. The standard InChI is InChI=1S/C19H22ClNO4S/c1-5-15-12(4)26-18(16(15)19(23)24-6-2)21-17(22)11(3)25-14-9-7-8-13(20)10-14/h7-11H,5-6H2,1-4H3,(H,21,22). The fraction of sp³-hybridized carbons (Fsp3) is 0.368. The highest BCUT2D eigenvalue weighted by Gasteiger charge is 2.25. The zero-order valence-electron chi connectivity index (χ0n) is 15.2. The van der Waals surface area contributed by atoms with E-state index >= 15 is 0 Å². The van der Waals surface area contributed by atoms with Crippen molar-refractivity contribution >= 4 is 39.8 Å². The van der Waals surface area contributed by atoms with Gasteiger partial charge in [-0.2, -0.15) is 0 Å². The van der Waals surface area contributed by atoms with Crippen molar-refractivity contribution in [2.24, 2.45) is 0 Å². The number of thiophene rings is 1. The van der Waals surface area contributed by atoms with Gasteiger partial charge in [-0.15, -0.1) is 11.3 Å². The van der Waals surface area contributed by atoms with E-state index in [9.17, 15) is 9.59 Å². The van der Waals surface area contributed by atoms with Gasteiger partial charge in [0.15, 0.2) is 6.10 Å². The minimum atomic E-state index is -0.754. The molecular weight excluding hydrogens is 374 g/mol. The summed E-state index contributed by atoms with van der Waals surface area (Å²) in [6, 6.07) is 6.84. The van der Waals surface area contributed by atoms with Crippen LogP contribution in [0, 0.1) is 6.92 Å². The first-order valence-electron chi connectivity index (χ1n) is 8.39. The lowest BCUT2D eigenvalue weighted by molar-refractivity contribution is -0.122. The molecule has 1 heterocycles. The van der Waals surface area contributed by atoms with Gasteiger partial charge >= 0.3 is 5.97 Å². The summed E-state index contributed by atoms with van der Waals surface area (Å²) in [5.74, 6) is -0.269. The number of anilines is 1. The van der Waals surface area contributed by atoms with Crippen LogP contribution in [0.1, 0.15) is 41.6 Å². The summed E-state index contributed by atoms with van der Waals surface area (Å²) >= 11 is 7.29. The van der Waals surface area contributed by atoms with Gasteiger partial charge in [0.1, 0.15) is 10.8 Å². The lowest BCUT2D eigenvalue weighted by Gasteiger charge is -2.15. The second-order valence-electron chi connectivity index (χ2n) is 5.62. The normalized spacial score (nSPS) is 11.7. The molecule has 0 bridgehead atoms. The molecule has 26 heavy (non-hydrogen) atoms. The number of carbonyl (C=O) groups is 2. The Labute approximate surface area is 162 Å². The number of aryl methyl sites for hydroxylation is 1. The maximum Gasteiger partial charge on any atom is 0.341 e. The molecule has 1 N–H and O–H groups in total. The van der Waals surface area contributed by atoms with E-state index in [4.69, 9.17) is 21.1 Å². The smallest absolute Gasteiger partial charge is 0.341 e. The van der Waals surface area contributed by atoms with E-state index < -0.39 is 12.1 Å². The molecule has 1 unspecified atom stereocenters. The van der Waals surface area contributed by atoms with Gasteiger partial charge in [-0.25, -0.2) is 4.79 Å². The Hall–Kier alpha value is -2.05. The molecule has 0 spiro atoms. The van der Waals surface area contributed by atoms with Gasteiger partial charge in [0.25, 0.3) is 5.91 Å². The van der Waals surface area contributed by atoms with E-state index in [2.05, 4.69) is 5.32 Å². The zero-order chi connectivity index (χ0) is 19.3. The van der Waals surface area contributed by atoms with Gasteiger partial charge in [-0.3, -0.25) is 4.79 Å². The van der Waals surface area contributed by atoms with E-state index in [0.717, 1.165) is 10.4 Å². The topological polar surface area (TPSA) is 64.6 Å². The van der Waals surface area contributed by atoms with E-state index in [-0.39, 0.29) is 12.5 Å². The van der Waals surface area contributed by atoms with Crippen molar-refractivity contribution in [3.8, 4) is 5.75 Å². The SMILES string of the molecule is CCOC(=O)c1c(NC(=O)C(C)Oc2cccc(Cl)c2)sc(C)c1CC. The van der Waals surface area contributed by atoms with Crippen molar-refractivity contribution in [2.75, 3.05) is 11.9 Å². The van der Waals surface area contributed by atoms with Crippen molar-refractivity contribution in [1.82, 2.24) is 0 Å². The predicted octanol–water partition coefficient (Wildman–Crippen LogP) is 4.86. The van der Waals surface area contributed by atoms with Crippen molar-refractivity contribution in [1.29, 1.82) is 0 Å². The molecule has 0 radical (unpaired) electrons. The Kier molecular flexibility index (Phi) is 7.06. The highest BCUT2D eigenvalue weighted by Crippen LogP contribution is 2.34. The van der Waals surface area contributed by atoms with E-state index in [1.165, 1.54) is 11.3 Å². The first-order chi connectivity index (χ1) is 12.4. The molecule has 2 rings (SSSR count). The molecule has 1 aromatic heterocycles. The lowest BCUT2D eigenvalue weighted by Crippen LogP contribution is -2.30. The summed E-state index contributed by atoms with van der Waals surface area (Å²) in [6.07, 6.45) is -0.0722. The molecule has 1 amide bonds.